The maximum absolute atomic E-state index is 12.5. The van der Waals surface area contributed by atoms with Crippen molar-refractivity contribution in [1.82, 2.24) is 5.43 Å². The van der Waals surface area contributed by atoms with Gasteiger partial charge in [0.25, 0.3) is 11.8 Å². The van der Waals surface area contributed by atoms with E-state index in [0.717, 1.165) is 5.01 Å². The highest BCUT2D eigenvalue weighted by molar-refractivity contribution is 6.31. The number of fused-ring (bicyclic) bond motifs is 1. The van der Waals surface area contributed by atoms with E-state index in [2.05, 4.69) is 5.43 Å². The molecule has 3 aromatic rings. The first kappa shape index (κ1) is 14.9. The van der Waals surface area contributed by atoms with Crippen molar-refractivity contribution in [3.8, 4) is 0 Å². The van der Waals surface area contributed by atoms with Gasteiger partial charge in [0, 0.05) is 0 Å². The minimum atomic E-state index is -0.568. The maximum atomic E-state index is 12.5. The van der Waals surface area contributed by atoms with Crippen molar-refractivity contribution < 1.29 is 14.0 Å². The Bertz CT molecular complexity index is 1080. The van der Waals surface area contributed by atoms with Crippen LogP contribution in [0.25, 0.3) is 17.0 Å². The first-order valence-corrected chi connectivity index (χ1v) is 7.58. The first-order valence-electron chi connectivity index (χ1n) is 7.58. The van der Waals surface area contributed by atoms with E-state index in [4.69, 9.17) is 4.42 Å². The fourth-order valence-electron chi connectivity index (χ4n) is 2.66. The van der Waals surface area contributed by atoms with Crippen LogP contribution in [0.1, 0.15) is 5.56 Å². The van der Waals surface area contributed by atoms with Gasteiger partial charge < -0.3 is 4.42 Å². The molecule has 0 spiro atoms. The molecule has 1 aliphatic heterocycles. The van der Waals surface area contributed by atoms with Crippen molar-refractivity contribution in [2.75, 3.05) is 5.01 Å². The monoisotopic (exact) mass is 332 g/mol. The molecule has 4 rings (SSSR count). The third-order valence-electron chi connectivity index (χ3n) is 3.91. The number of nitrogens with one attached hydrogen (secondary N) is 1. The summed E-state index contributed by atoms with van der Waals surface area (Å²) in [5, 5.41) is 1.54. The van der Waals surface area contributed by atoms with Gasteiger partial charge >= 0.3 is 0 Å². The van der Waals surface area contributed by atoms with E-state index in [0.29, 0.717) is 16.7 Å². The summed E-state index contributed by atoms with van der Waals surface area (Å²) in [5.41, 5.74) is 3.20. The molecule has 0 radical (unpaired) electrons. The van der Waals surface area contributed by atoms with Crippen LogP contribution in [0.3, 0.4) is 0 Å². The minimum absolute atomic E-state index is 0.119. The normalized spacial score (nSPS) is 15.8. The zero-order chi connectivity index (χ0) is 17.4. The number of carbonyl (C=O) groups is 2. The molecule has 1 aliphatic rings. The smallest absolute Gasteiger partial charge is 0.282 e. The molecule has 0 unspecified atom stereocenters. The van der Waals surface area contributed by atoms with Gasteiger partial charge in [0.2, 0.25) is 0 Å². The second-order valence-corrected chi connectivity index (χ2v) is 5.49. The summed E-state index contributed by atoms with van der Waals surface area (Å²) < 4.78 is 5.41. The van der Waals surface area contributed by atoms with Gasteiger partial charge in [0.15, 0.2) is 5.43 Å². The average Bonchev–Trinajstić information content (AvgIpc) is 2.93. The predicted octanol–water partition coefficient (Wildman–Crippen LogP) is 2.25. The Hall–Kier alpha value is -3.67. The molecule has 6 nitrogen and oxygen atoms in total. The summed E-state index contributed by atoms with van der Waals surface area (Å²) in [6.45, 7) is 0. The van der Waals surface area contributed by atoms with Gasteiger partial charge in [0.05, 0.1) is 16.6 Å². The number of carbonyl (C=O) groups excluding carboxylic acids is 2. The lowest BCUT2D eigenvalue weighted by Gasteiger charge is -2.13. The fraction of sp³-hybridized carbons (Fsp3) is 0. The number of rotatable bonds is 2. The molecule has 2 amide bonds. The molecule has 122 valence electrons. The molecular weight excluding hydrogens is 320 g/mol. The van der Waals surface area contributed by atoms with Gasteiger partial charge in [-0.15, -0.1) is 0 Å². The summed E-state index contributed by atoms with van der Waals surface area (Å²) in [4.78, 5) is 37.2. The van der Waals surface area contributed by atoms with Crippen molar-refractivity contribution in [2.45, 2.75) is 0 Å². The van der Waals surface area contributed by atoms with E-state index in [-0.39, 0.29) is 16.6 Å². The van der Waals surface area contributed by atoms with E-state index in [1.165, 1.54) is 12.3 Å². The summed E-state index contributed by atoms with van der Waals surface area (Å²) in [5.74, 6) is -1.09. The Kier molecular flexibility index (Phi) is 3.43. The van der Waals surface area contributed by atoms with E-state index < -0.39 is 11.8 Å². The number of para-hydroxylation sites is 2. The summed E-state index contributed by atoms with van der Waals surface area (Å²) in [6, 6.07) is 15.5. The molecule has 0 aliphatic carbocycles. The summed E-state index contributed by atoms with van der Waals surface area (Å²) >= 11 is 0. The topological polar surface area (TPSA) is 79.6 Å². The largest absolute Gasteiger partial charge is 0.463 e. The van der Waals surface area contributed by atoms with Crippen LogP contribution in [-0.2, 0) is 9.59 Å². The predicted molar refractivity (Wildman–Crippen MR) is 92.5 cm³/mol. The van der Waals surface area contributed by atoms with Crippen molar-refractivity contribution in [1.29, 1.82) is 0 Å². The van der Waals surface area contributed by atoms with Crippen molar-refractivity contribution in [3.63, 3.8) is 0 Å². The molecule has 1 fully saturated rings. The van der Waals surface area contributed by atoms with Crippen LogP contribution in [-0.4, -0.2) is 11.8 Å². The Morgan fingerprint density at radius 2 is 1.64 bits per heavy atom. The average molecular weight is 332 g/mol. The zero-order valence-electron chi connectivity index (χ0n) is 12.9. The van der Waals surface area contributed by atoms with Gasteiger partial charge in [-0.2, -0.15) is 0 Å². The molecule has 2 aromatic carbocycles. The SMILES string of the molecule is O=C1NN(c2ccccc2)C(=O)C1=Cc1coc2ccccc2c1=O. The number of hydrogen-bond donors (Lipinski definition) is 1. The Morgan fingerprint density at radius 1 is 0.920 bits per heavy atom. The number of anilines is 1. The highest BCUT2D eigenvalue weighted by Gasteiger charge is 2.34. The van der Waals surface area contributed by atoms with Crippen LogP contribution in [0.4, 0.5) is 5.69 Å². The quantitative estimate of drug-likeness (QED) is 0.577. The minimum Gasteiger partial charge on any atom is -0.463 e. The molecule has 25 heavy (non-hydrogen) atoms. The zero-order valence-corrected chi connectivity index (χ0v) is 12.9. The number of amides is 2. The van der Waals surface area contributed by atoms with E-state index >= 15 is 0 Å². The molecule has 1 N–H and O–H groups in total. The number of hydrazine groups is 1. The van der Waals surface area contributed by atoms with Crippen LogP contribution in [0.5, 0.6) is 0 Å². The van der Waals surface area contributed by atoms with Gasteiger partial charge in [-0.1, -0.05) is 30.3 Å². The third-order valence-corrected chi connectivity index (χ3v) is 3.91. The van der Waals surface area contributed by atoms with Gasteiger partial charge in [-0.05, 0) is 30.3 Å². The van der Waals surface area contributed by atoms with Gasteiger partial charge in [-0.25, -0.2) is 5.01 Å². The molecule has 6 heteroatoms. The van der Waals surface area contributed by atoms with Crippen LogP contribution in [0, 0.1) is 0 Å². The highest BCUT2D eigenvalue weighted by Crippen LogP contribution is 2.21. The van der Waals surface area contributed by atoms with Crippen LogP contribution in [0.15, 0.2) is 75.6 Å². The van der Waals surface area contributed by atoms with Crippen molar-refractivity contribution >= 4 is 34.5 Å². The molecule has 1 saturated heterocycles. The lowest BCUT2D eigenvalue weighted by molar-refractivity contribution is -0.117. The Morgan fingerprint density at radius 3 is 2.44 bits per heavy atom. The fourth-order valence-corrected chi connectivity index (χ4v) is 2.66. The number of benzene rings is 2. The lowest BCUT2D eigenvalue weighted by atomic mass is 10.1. The van der Waals surface area contributed by atoms with E-state index in [9.17, 15) is 14.4 Å². The van der Waals surface area contributed by atoms with Gasteiger partial charge in [-0.3, -0.25) is 19.8 Å². The molecule has 0 saturated carbocycles. The van der Waals surface area contributed by atoms with Crippen LogP contribution in [0.2, 0.25) is 0 Å². The number of hydrogen-bond acceptors (Lipinski definition) is 4. The highest BCUT2D eigenvalue weighted by atomic mass is 16.3. The second-order valence-electron chi connectivity index (χ2n) is 5.49. The molecular formula is C19H12N2O4. The summed E-state index contributed by atoms with van der Waals surface area (Å²) in [7, 11) is 0. The third kappa shape index (κ3) is 2.49. The van der Waals surface area contributed by atoms with Crippen LogP contribution >= 0.6 is 0 Å². The Labute approximate surface area is 142 Å². The standard InChI is InChI=1S/C19H12N2O4/c22-17-12(11-25-16-9-5-4-8-14(16)17)10-15-18(23)20-21(19(15)24)13-6-2-1-3-7-13/h1-11H,(H,20,23). The van der Waals surface area contributed by atoms with Gasteiger partial charge in [0.1, 0.15) is 17.4 Å². The van der Waals surface area contributed by atoms with E-state index in [1.807, 2.05) is 6.07 Å². The molecule has 0 bridgehead atoms. The first-order chi connectivity index (χ1) is 12.1. The maximum Gasteiger partial charge on any atom is 0.282 e. The number of nitrogens with zero attached hydrogens (tertiary/aromatic N) is 1. The van der Waals surface area contributed by atoms with E-state index in [1.54, 1.807) is 48.5 Å². The lowest BCUT2D eigenvalue weighted by Crippen LogP contribution is -2.35. The molecule has 2 heterocycles. The van der Waals surface area contributed by atoms with Crippen LogP contribution < -0.4 is 15.9 Å². The van der Waals surface area contributed by atoms with Crippen molar-refractivity contribution in [3.05, 3.63) is 82.2 Å². The Balaban J connectivity index is 1.77. The molecule has 0 atom stereocenters. The summed E-state index contributed by atoms with van der Waals surface area (Å²) in [6.07, 6.45) is 2.52. The molecule has 1 aromatic heterocycles. The van der Waals surface area contributed by atoms with Crippen molar-refractivity contribution in [2.24, 2.45) is 0 Å². The second kappa shape index (κ2) is 5.76.